The SMILES string of the molecule is N#CC1(c2ccccc2)CCN(C(=O)CC(c2ccccc2)(c2ccccc2)c2ccc(F)cc2)CC1. The highest BCUT2D eigenvalue weighted by Crippen LogP contribution is 2.43. The van der Waals surface area contributed by atoms with Crippen molar-refractivity contribution in [3.63, 3.8) is 0 Å². The average Bonchev–Trinajstić information content (AvgIpc) is 2.98. The molecule has 0 atom stereocenters. The van der Waals surface area contributed by atoms with Gasteiger partial charge in [0.1, 0.15) is 5.82 Å². The summed E-state index contributed by atoms with van der Waals surface area (Å²) in [4.78, 5) is 15.9. The molecule has 1 aliphatic rings. The monoisotopic (exact) mass is 488 g/mol. The minimum Gasteiger partial charge on any atom is -0.343 e. The van der Waals surface area contributed by atoms with Crippen molar-refractivity contribution in [1.29, 1.82) is 5.26 Å². The van der Waals surface area contributed by atoms with Gasteiger partial charge in [-0.25, -0.2) is 4.39 Å². The summed E-state index contributed by atoms with van der Waals surface area (Å²) in [6.07, 6.45) is 1.40. The Morgan fingerprint density at radius 2 is 1.22 bits per heavy atom. The number of nitrogens with zero attached hydrogens (tertiary/aromatic N) is 2. The fraction of sp³-hybridized carbons (Fsp3) is 0.212. The standard InChI is InChI=1S/C33H29FN2O/c34-30-18-16-29(17-19-30)33(27-12-6-2-7-13-27,28-14-8-3-9-15-28)24-31(37)36-22-20-32(25-35,21-23-36)26-10-4-1-5-11-26/h1-19H,20-24H2. The third-order valence-corrected chi connectivity index (χ3v) is 7.80. The van der Waals surface area contributed by atoms with E-state index in [1.54, 1.807) is 12.1 Å². The van der Waals surface area contributed by atoms with Crippen molar-refractivity contribution in [3.05, 3.63) is 143 Å². The number of amides is 1. The van der Waals surface area contributed by atoms with Gasteiger partial charge in [0.2, 0.25) is 5.91 Å². The van der Waals surface area contributed by atoms with Crippen LogP contribution in [-0.2, 0) is 15.6 Å². The first-order valence-corrected chi connectivity index (χ1v) is 12.7. The number of carbonyl (C=O) groups is 1. The maximum Gasteiger partial charge on any atom is 0.224 e. The van der Waals surface area contributed by atoms with Gasteiger partial charge in [-0.1, -0.05) is 103 Å². The van der Waals surface area contributed by atoms with Crippen LogP contribution in [0.1, 0.15) is 41.5 Å². The molecule has 0 spiro atoms. The number of hydrogen-bond donors (Lipinski definition) is 0. The molecule has 0 radical (unpaired) electrons. The van der Waals surface area contributed by atoms with Gasteiger partial charge < -0.3 is 4.90 Å². The lowest BCUT2D eigenvalue weighted by atomic mass is 9.67. The molecule has 1 amide bonds. The zero-order valence-corrected chi connectivity index (χ0v) is 20.7. The molecule has 4 aromatic rings. The number of benzene rings is 4. The third kappa shape index (κ3) is 4.66. The molecule has 1 fully saturated rings. The topological polar surface area (TPSA) is 44.1 Å². The minimum absolute atomic E-state index is 0.0247. The highest BCUT2D eigenvalue weighted by atomic mass is 19.1. The Labute approximate surface area is 217 Å². The Balaban J connectivity index is 1.51. The van der Waals surface area contributed by atoms with Gasteiger partial charge in [0.15, 0.2) is 0 Å². The molecular weight excluding hydrogens is 459 g/mol. The summed E-state index contributed by atoms with van der Waals surface area (Å²) < 4.78 is 14.0. The molecule has 1 heterocycles. The molecule has 0 unspecified atom stereocenters. The molecule has 0 bridgehead atoms. The van der Waals surface area contributed by atoms with Gasteiger partial charge in [0.25, 0.3) is 0 Å². The molecule has 5 rings (SSSR count). The van der Waals surface area contributed by atoms with E-state index in [1.807, 2.05) is 95.9 Å². The Hall–Kier alpha value is -4.23. The van der Waals surface area contributed by atoms with Gasteiger partial charge in [-0.05, 0) is 47.2 Å². The van der Waals surface area contributed by atoms with E-state index in [1.165, 1.54) is 12.1 Å². The van der Waals surface area contributed by atoms with Crippen molar-refractivity contribution >= 4 is 5.91 Å². The number of piperidine rings is 1. The van der Waals surface area contributed by atoms with Gasteiger partial charge in [-0.2, -0.15) is 5.26 Å². The predicted octanol–water partition coefficient (Wildman–Crippen LogP) is 6.63. The molecule has 0 aromatic heterocycles. The summed E-state index contributed by atoms with van der Waals surface area (Å²) >= 11 is 0. The minimum atomic E-state index is -0.781. The molecule has 184 valence electrons. The van der Waals surface area contributed by atoms with Crippen LogP contribution in [0.15, 0.2) is 115 Å². The van der Waals surface area contributed by atoms with E-state index in [0.717, 1.165) is 22.3 Å². The summed E-state index contributed by atoms with van der Waals surface area (Å²) in [7, 11) is 0. The summed E-state index contributed by atoms with van der Waals surface area (Å²) in [6.45, 7) is 1.04. The predicted molar refractivity (Wildman–Crippen MR) is 143 cm³/mol. The van der Waals surface area contributed by atoms with E-state index >= 15 is 0 Å². The lowest BCUT2D eigenvalue weighted by Gasteiger charge is -2.41. The molecule has 0 N–H and O–H groups in total. The van der Waals surface area contributed by atoms with Crippen LogP contribution < -0.4 is 0 Å². The second kappa shape index (κ2) is 10.4. The number of likely N-dealkylation sites (tertiary alicyclic amines) is 1. The highest BCUT2D eigenvalue weighted by molar-refractivity contribution is 5.80. The van der Waals surface area contributed by atoms with Crippen molar-refractivity contribution < 1.29 is 9.18 Å². The first kappa shape index (κ1) is 24.5. The van der Waals surface area contributed by atoms with Gasteiger partial charge in [-0.3, -0.25) is 4.79 Å². The molecular formula is C33H29FN2O. The maximum atomic E-state index is 14.0. The first-order chi connectivity index (χ1) is 18.1. The van der Waals surface area contributed by atoms with Crippen molar-refractivity contribution in [2.24, 2.45) is 0 Å². The fourth-order valence-electron chi connectivity index (χ4n) is 5.68. The zero-order chi connectivity index (χ0) is 25.7. The Kier molecular flexibility index (Phi) is 6.88. The van der Waals surface area contributed by atoms with Crippen LogP contribution in [0, 0.1) is 17.1 Å². The van der Waals surface area contributed by atoms with Crippen LogP contribution in [0.2, 0.25) is 0 Å². The largest absolute Gasteiger partial charge is 0.343 e. The van der Waals surface area contributed by atoms with E-state index in [4.69, 9.17) is 0 Å². The van der Waals surface area contributed by atoms with Crippen LogP contribution in [0.3, 0.4) is 0 Å². The lowest BCUT2D eigenvalue weighted by molar-refractivity contribution is -0.133. The van der Waals surface area contributed by atoms with Crippen molar-refractivity contribution in [2.75, 3.05) is 13.1 Å². The Bertz CT molecular complexity index is 1330. The smallest absolute Gasteiger partial charge is 0.224 e. The number of nitriles is 1. The van der Waals surface area contributed by atoms with Gasteiger partial charge in [0.05, 0.1) is 16.9 Å². The fourth-order valence-corrected chi connectivity index (χ4v) is 5.68. The Morgan fingerprint density at radius 1 is 0.757 bits per heavy atom. The molecule has 0 saturated carbocycles. The summed E-state index contributed by atoms with van der Waals surface area (Å²) in [6, 6.07) is 38.9. The highest BCUT2D eigenvalue weighted by Gasteiger charge is 2.42. The molecule has 0 aliphatic carbocycles. The molecule has 1 aliphatic heterocycles. The second-order valence-corrected chi connectivity index (χ2v) is 9.76. The van der Waals surface area contributed by atoms with E-state index in [-0.39, 0.29) is 18.1 Å². The quantitative estimate of drug-likeness (QED) is 0.286. The van der Waals surface area contributed by atoms with E-state index < -0.39 is 10.8 Å². The number of rotatable bonds is 6. The van der Waals surface area contributed by atoms with Crippen molar-refractivity contribution in [1.82, 2.24) is 4.90 Å². The molecule has 1 saturated heterocycles. The van der Waals surface area contributed by atoms with Crippen LogP contribution >= 0.6 is 0 Å². The van der Waals surface area contributed by atoms with Crippen molar-refractivity contribution in [2.45, 2.75) is 30.1 Å². The number of carbonyl (C=O) groups excluding carboxylic acids is 1. The zero-order valence-electron chi connectivity index (χ0n) is 20.7. The van der Waals surface area contributed by atoms with E-state index in [0.29, 0.717) is 25.9 Å². The number of halogens is 1. The van der Waals surface area contributed by atoms with Crippen LogP contribution in [0.4, 0.5) is 4.39 Å². The summed E-state index contributed by atoms with van der Waals surface area (Å²) in [5.74, 6) is -0.286. The van der Waals surface area contributed by atoms with Crippen molar-refractivity contribution in [3.8, 4) is 6.07 Å². The molecule has 37 heavy (non-hydrogen) atoms. The average molecular weight is 489 g/mol. The van der Waals surface area contributed by atoms with Crippen LogP contribution in [-0.4, -0.2) is 23.9 Å². The Morgan fingerprint density at radius 3 is 1.70 bits per heavy atom. The van der Waals surface area contributed by atoms with E-state index in [2.05, 4.69) is 6.07 Å². The third-order valence-electron chi connectivity index (χ3n) is 7.80. The van der Waals surface area contributed by atoms with Gasteiger partial charge in [0, 0.05) is 19.5 Å². The van der Waals surface area contributed by atoms with Gasteiger partial charge >= 0.3 is 0 Å². The van der Waals surface area contributed by atoms with Crippen LogP contribution in [0.25, 0.3) is 0 Å². The lowest BCUT2D eigenvalue weighted by Crippen LogP contribution is -2.47. The summed E-state index contributed by atoms with van der Waals surface area (Å²) in [5.41, 5.74) is 2.48. The molecule has 3 nitrogen and oxygen atoms in total. The first-order valence-electron chi connectivity index (χ1n) is 12.7. The van der Waals surface area contributed by atoms with E-state index in [9.17, 15) is 14.4 Å². The normalized spacial score (nSPS) is 15.1. The number of hydrogen-bond acceptors (Lipinski definition) is 2. The second-order valence-electron chi connectivity index (χ2n) is 9.76. The van der Waals surface area contributed by atoms with Gasteiger partial charge in [-0.15, -0.1) is 0 Å². The maximum absolute atomic E-state index is 14.0. The molecule has 4 heteroatoms. The summed E-state index contributed by atoms with van der Waals surface area (Å²) in [5, 5.41) is 10.1. The molecule has 4 aromatic carbocycles. The van der Waals surface area contributed by atoms with Crippen LogP contribution in [0.5, 0.6) is 0 Å².